The first-order valence-corrected chi connectivity index (χ1v) is 6.62. The molecule has 2 rings (SSSR count). The number of aliphatic hydroxyl groups is 1. The second kappa shape index (κ2) is 6.49. The number of amides is 1. The van der Waals surface area contributed by atoms with Gasteiger partial charge in [-0.15, -0.1) is 0 Å². The molecule has 0 aliphatic heterocycles. The summed E-state index contributed by atoms with van der Waals surface area (Å²) in [5, 5.41) is 12.8. The Labute approximate surface area is 112 Å². The van der Waals surface area contributed by atoms with Crippen LogP contribution in [0.25, 0.3) is 0 Å². The molecule has 104 valence electrons. The van der Waals surface area contributed by atoms with E-state index in [2.05, 4.69) is 15.7 Å². The van der Waals surface area contributed by atoms with Crippen molar-refractivity contribution in [2.75, 3.05) is 5.43 Å². The van der Waals surface area contributed by atoms with Crippen molar-refractivity contribution < 1.29 is 9.90 Å². The zero-order valence-corrected chi connectivity index (χ0v) is 10.8. The maximum absolute atomic E-state index is 12.0. The van der Waals surface area contributed by atoms with Gasteiger partial charge in [-0.05, 0) is 25.0 Å². The van der Waals surface area contributed by atoms with Gasteiger partial charge in [0.25, 0.3) is 5.91 Å². The quantitative estimate of drug-likeness (QED) is 0.367. The van der Waals surface area contributed by atoms with Crippen LogP contribution in [0.3, 0.4) is 0 Å². The lowest BCUT2D eigenvalue weighted by Crippen LogP contribution is -2.42. The van der Waals surface area contributed by atoms with Gasteiger partial charge in [-0.1, -0.05) is 19.3 Å². The van der Waals surface area contributed by atoms with E-state index in [1.165, 1.54) is 6.20 Å². The van der Waals surface area contributed by atoms with Gasteiger partial charge in [0, 0.05) is 0 Å². The maximum atomic E-state index is 12.0. The fraction of sp³-hybridized carbons (Fsp3) is 0.538. The average molecular weight is 264 g/mol. The maximum Gasteiger partial charge on any atom is 0.270 e. The van der Waals surface area contributed by atoms with E-state index >= 15 is 0 Å². The lowest BCUT2D eigenvalue weighted by Gasteiger charge is -2.21. The van der Waals surface area contributed by atoms with Crippen LogP contribution in [0.4, 0.5) is 5.69 Å². The summed E-state index contributed by atoms with van der Waals surface area (Å²) in [4.78, 5) is 16.1. The molecular weight excluding hydrogens is 244 g/mol. The molecule has 6 nitrogen and oxygen atoms in total. The number of hydrazine groups is 1. The summed E-state index contributed by atoms with van der Waals surface area (Å²) in [6.45, 7) is 0. The summed E-state index contributed by atoms with van der Waals surface area (Å²) in [6.07, 6.45) is 5.76. The highest BCUT2D eigenvalue weighted by Gasteiger charge is 2.23. The Bertz CT molecular complexity index is 421. The van der Waals surface area contributed by atoms with Gasteiger partial charge in [-0.3, -0.25) is 10.6 Å². The average Bonchev–Trinajstić information content (AvgIpc) is 2.64. The second-order valence-electron chi connectivity index (χ2n) is 4.86. The van der Waals surface area contributed by atoms with Crippen LogP contribution in [0.5, 0.6) is 0 Å². The topological polar surface area (TPSA) is 100 Å². The predicted molar refractivity (Wildman–Crippen MR) is 72.4 cm³/mol. The third-order valence-electron chi connectivity index (χ3n) is 3.46. The predicted octanol–water partition coefficient (Wildman–Crippen LogP) is 0.791. The zero-order valence-electron chi connectivity index (χ0n) is 10.8. The van der Waals surface area contributed by atoms with Crippen LogP contribution >= 0.6 is 0 Å². The van der Waals surface area contributed by atoms with E-state index < -0.39 is 6.10 Å². The van der Waals surface area contributed by atoms with E-state index in [1.807, 2.05) is 0 Å². The number of aliphatic hydroxyl groups excluding tert-OH is 1. The minimum absolute atomic E-state index is 0.177. The number of hydrogen-bond donors (Lipinski definition) is 4. The smallest absolute Gasteiger partial charge is 0.270 e. The molecule has 6 heteroatoms. The number of carbonyl (C=O) groups is 1. The first-order chi connectivity index (χ1) is 9.20. The van der Waals surface area contributed by atoms with Gasteiger partial charge < -0.3 is 15.8 Å². The number of nitrogens with two attached hydrogens (primary N) is 1. The van der Waals surface area contributed by atoms with Crippen LogP contribution in [0, 0.1) is 0 Å². The highest BCUT2D eigenvalue weighted by molar-refractivity contribution is 5.92. The van der Waals surface area contributed by atoms with Crippen LogP contribution in [-0.2, 0) is 0 Å². The Hall–Kier alpha value is -1.66. The fourth-order valence-corrected chi connectivity index (χ4v) is 2.31. The fourth-order valence-electron chi connectivity index (χ4n) is 2.31. The zero-order chi connectivity index (χ0) is 13.7. The highest BCUT2D eigenvalue weighted by Crippen LogP contribution is 2.18. The number of nitrogens with zero attached hydrogens (tertiary/aromatic N) is 1. The Balaban J connectivity index is 1.98. The van der Waals surface area contributed by atoms with Crippen molar-refractivity contribution in [3.05, 3.63) is 24.0 Å². The standard InChI is InChI=1S/C13H20N4O2/c14-17-9-6-7-11(15-8-9)13(19)16-10-4-2-1-3-5-12(10)18/h6-8,10,12,17-18H,1-5,14H2,(H,16,19). The summed E-state index contributed by atoms with van der Waals surface area (Å²) in [7, 11) is 0. The number of nitrogen functional groups attached to an aromatic ring is 1. The lowest BCUT2D eigenvalue weighted by atomic mass is 10.1. The molecule has 1 fully saturated rings. The molecule has 19 heavy (non-hydrogen) atoms. The minimum atomic E-state index is -0.462. The molecule has 1 aliphatic carbocycles. The van der Waals surface area contributed by atoms with Crippen molar-refractivity contribution in [1.82, 2.24) is 10.3 Å². The van der Waals surface area contributed by atoms with Gasteiger partial charge in [0.2, 0.25) is 0 Å². The highest BCUT2D eigenvalue weighted by atomic mass is 16.3. The Morgan fingerprint density at radius 2 is 2.11 bits per heavy atom. The first kappa shape index (κ1) is 13.8. The van der Waals surface area contributed by atoms with E-state index in [0.29, 0.717) is 11.4 Å². The molecule has 1 aromatic rings. The Kier molecular flexibility index (Phi) is 4.70. The normalized spacial score (nSPS) is 23.5. The molecule has 2 atom stereocenters. The van der Waals surface area contributed by atoms with E-state index in [0.717, 1.165) is 32.1 Å². The molecule has 0 saturated heterocycles. The Morgan fingerprint density at radius 3 is 2.79 bits per heavy atom. The van der Waals surface area contributed by atoms with Crippen molar-refractivity contribution in [3.63, 3.8) is 0 Å². The molecule has 1 amide bonds. The van der Waals surface area contributed by atoms with E-state index in [-0.39, 0.29) is 11.9 Å². The van der Waals surface area contributed by atoms with Crippen LogP contribution in [0.1, 0.15) is 42.6 Å². The monoisotopic (exact) mass is 264 g/mol. The largest absolute Gasteiger partial charge is 0.391 e. The molecule has 1 heterocycles. The number of pyridine rings is 1. The van der Waals surface area contributed by atoms with Crippen LogP contribution in [-0.4, -0.2) is 28.1 Å². The van der Waals surface area contributed by atoms with Crippen LogP contribution < -0.4 is 16.6 Å². The lowest BCUT2D eigenvalue weighted by molar-refractivity contribution is 0.0814. The van der Waals surface area contributed by atoms with Gasteiger partial charge in [-0.2, -0.15) is 0 Å². The SMILES string of the molecule is NNc1ccc(C(=O)NC2CCCCCC2O)nc1. The van der Waals surface area contributed by atoms with E-state index in [9.17, 15) is 9.90 Å². The van der Waals surface area contributed by atoms with Crippen molar-refractivity contribution in [3.8, 4) is 0 Å². The first-order valence-electron chi connectivity index (χ1n) is 6.62. The van der Waals surface area contributed by atoms with Crippen LogP contribution in [0.15, 0.2) is 18.3 Å². The second-order valence-corrected chi connectivity index (χ2v) is 4.86. The number of carbonyl (C=O) groups excluding carboxylic acids is 1. The summed E-state index contributed by atoms with van der Waals surface area (Å²) >= 11 is 0. The molecule has 0 aromatic carbocycles. The molecule has 0 radical (unpaired) electrons. The minimum Gasteiger partial charge on any atom is -0.391 e. The van der Waals surface area contributed by atoms with Crippen molar-refractivity contribution in [2.24, 2.45) is 5.84 Å². The molecule has 1 saturated carbocycles. The van der Waals surface area contributed by atoms with Gasteiger partial charge >= 0.3 is 0 Å². The summed E-state index contributed by atoms with van der Waals surface area (Å²) in [5.41, 5.74) is 3.43. The van der Waals surface area contributed by atoms with Crippen LogP contribution in [0.2, 0.25) is 0 Å². The Morgan fingerprint density at radius 1 is 1.32 bits per heavy atom. The number of anilines is 1. The van der Waals surface area contributed by atoms with Gasteiger partial charge in [0.05, 0.1) is 24.0 Å². The third kappa shape index (κ3) is 3.65. The third-order valence-corrected chi connectivity index (χ3v) is 3.46. The van der Waals surface area contributed by atoms with Crippen molar-refractivity contribution in [2.45, 2.75) is 44.2 Å². The summed E-state index contributed by atoms with van der Waals surface area (Å²) < 4.78 is 0. The van der Waals surface area contributed by atoms with E-state index in [1.54, 1.807) is 12.1 Å². The molecule has 1 aliphatic rings. The molecular formula is C13H20N4O2. The van der Waals surface area contributed by atoms with E-state index in [4.69, 9.17) is 5.84 Å². The summed E-state index contributed by atoms with van der Waals surface area (Å²) in [5.74, 6) is 4.98. The van der Waals surface area contributed by atoms with Crippen molar-refractivity contribution in [1.29, 1.82) is 0 Å². The molecule has 2 unspecified atom stereocenters. The molecule has 0 spiro atoms. The number of rotatable bonds is 3. The van der Waals surface area contributed by atoms with Crippen molar-refractivity contribution >= 4 is 11.6 Å². The number of hydrogen-bond acceptors (Lipinski definition) is 5. The molecule has 0 bridgehead atoms. The summed E-state index contributed by atoms with van der Waals surface area (Å²) in [6, 6.07) is 3.11. The molecule has 5 N–H and O–H groups in total. The van der Waals surface area contributed by atoms with Gasteiger partial charge in [0.15, 0.2) is 0 Å². The number of nitrogens with one attached hydrogen (secondary N) is 2. The number of aromatic nitrogens is 1. The molecule has 1 aromatic heterocycles. The van der Waals surface area contributed by atoms with Gasteiger partial charge in [-0.25, -0.2) is 4.98 Å². The van der Waals surface area contributed by atoms with Gasteiger partial charge in [0.1, 0.15) is 5.69 Å².